The van der Waals surface area contributed by atoms with Gasteiger partial charge in [-0.05, 0) is 74.4 Å². The molecule has 1 heterocycles. The third kappa shape index (κ3) is 10.2. The van der Waals surface area contributed by atoms with Gasteiger partial charge in [0.15, 0.2) is 12.3 Å². The minimum atomic E-state index is -3.38. The maximum absolute atomic E-state index is 13.5. The maximum atomic E-state index is 13.5. The molecule has 0 bridgehead atoms. The monoisotopic (exact) mass is 538 g/mol. The number of carbonyl (C=O) groups excluding carboxylic acids is 1. The van der Waals surface area contributed by atoms with Gasteiger partial charge >= 0.3 is 5.91 Å². The van der Waals surface area contributed by atoms with Crippen LogP contribution in [0.4, 0.5) is 4.39 Å². The Hall–Kier alpha value is -2.53. The molecular formula is C26H37FN3O4S2+. The number of amides is 1. The smallest absolute Gasteiger partial charge is 0.411 e. The van der Waals surface area contributed by atoms with E-state index in [1.807, 2.05) is 31.6 Å². The van der Waals surface area contributed by atoms with Crippen LogP contribution in [0.3, 0.4) is 0 Å². The minimum absolute atomic E-state index is 0.0345. The van der Waals surface area contributed by atoms with Crippen molar-refractivity contribution in [3.63, 3.8) is 0 Å². The number of thioether (sulfide) groups is 1. The lowest BCUT2D eigenvalue weighted by molar-refractivity contribution is -0.451. The standard InChI is InChI=1S/C17H22FN2O.C7H9NO3S.C2H6S/c1-4-17(21)20-10-9-19(12-14(20)3)8-7-15-6-5-13(2)16(18)11-15;1-8-12(10,11)7-4-2-6(9)3-5-7;1-3-2/h4-6,11H,1,7-10,12H2,2-3H3;2-5,8-9H,1H3;1-2H3/q+1;;. The zero-order chi connectivity index (χ0) is 27.3. The quantitative estimate of drug-likeness (QED) is 0.433. The molecule has 1 amide bonds. The summed E-state index contributed by atoms with van der Waals surface area (Å²) < 4.78 is 39.7. The van der Waals surface area contributed by atoms with Gasteiger partial charge in [-0.2, -0.15) is 16.3 Å². The number of nitrogens with zero attached hydrogens (tertiary/aromatic N) is 2. The van der Waals surface area contributed by atoms with Gasteiger partial charge in [-0.3, -0.25) is 4.90 Å². The third-order valence-electron chi connectivity index (χ3n) is 5.36. The summed E-state index contributed by atoms with van der Waals surface area (Å²) in [7, 11) is -2.04. The fourth-order valence-corrected chi connectivity index (χ4v) is 4.07. The number of aromatic hydroxyl groups is 1. The lowest BCUT2D eigenvalue weighted by Crippen LogP contribution is -2.46. The molecule has 0 saturated heterocycles. The van der Waals surface area contributed by atoms with Crippen molar-refractivity contribution in [1.29, 1.82) is 0 Å². The van der Waals surface area contributed by atoms with Gasteiger partial charge in [-0.25, -0.2) is 22.3 Å². The molecule has 2 aromatic rings. The molecule has 0 aromatic heterocycles. The number of aryl methyl sites for hydroxylation is 1. The molecule has 10 heteroatoms. The second-order valence-electron chi connectivity index (χ2n) is 8.15. The molecule has 2 N–H and O–H groups in total. The molecule has 0 atom stereocenters. The van der Waals surface area contributed by atoms with Crippen molar-refractivity contribution in [2.75, 3.05) is 45.7 Å². The summed E-state index contributed by atoms with van der Waals surface area (Å²) in [5.41, 5.74) is 2.74. The van der Waals surface area contributed by atoms with Crippen LogP contribution in [0.2, 0.25) is 0 Å². The lowest BCUT2D eigenvalue weighted by Gasteiger charge is -2.24. The van der Waals surface area contributed by atoms with E-state index in [-0.39, 0.29) is 22.4 Å². The third-order valence-corrected chi connectivity index (χ3v) is 6.79. The normalized spacial score (nSPS) is 13.7. The fraction of sp³-hybridized carbons (Fsp3) is 0.385. The van der Waals surface area contributed by atoms with Crippen molar-refractivity contribution in [2.45, 2.75) is 25.2 Å². The Balaban J connectivity index is 0.000000365. The number of carbonyl (C=O) groups is 1. The maximum Gasteiger partial charge on any atom is 0.411 e. The predicted molar refractivity (Wildman–Crippen MR) is 146 cm³/mol. The first-order valence-corrected chi connectivity index (χ1v) is 14.5. The van der Waals surface area contributed by atoms with Crippen LogP contribution in [0.15, 0.2) is 60.0 Å². The van der Waals surface area contributed by atoms with E-state index >= 15 is 0 Å². The molecule has 0 fully saturated rings. The Labute approximate surface area is 218 Å². The minimum Gasteiger partial charge on any atom is -0.508 e. The molecule has 3 rings (SSSR count). The van der Waals surface area contributed by atoms with E-state index < -0.39 is 10.0 Å². The summed E-state index contributed by atoms with van der Waals surface area (Å²) in [6.45, 7) is 10.4. The molecule has 0 saturated carbocycles. The number of rotatable bonds is 6. The summed E-state index contributed by atoms with van der Waals surface area (Å²) >= 11 is 1.75. The second-order valence-corrected chi connectivity index (χ2v) is 10.9. The lowest BCUT2D eigenvalue weighted by atomic mass is 10.1. The van der Waals surface area contributed by atoms with E-state index in [1.165, 1.54) is 37.4 Å². The number of nitrogens with one attached hydrogen (secondary N) is 1. The molecule has 36 heavy (non-hydrogen) atoms. The Kier molecular flexibility index (Phi) is 13.6. The van der Waals surface area contributed by atoms with E-state index in [0.29, 0.717) is 12.1 Å². The molecule has 0 spiro atoms. The van der Waals surface area contributed by atoms with Crippen LogP contribution in [0.25, 0.3) is 0 Å². The highest BCUT2D eigenvalue weighted by atomic mass is 32.2. The molecule has 0 radical (unpaired) electrons. The SMILES string of the molecule is C=CC(=O)[N+]1=C(C)CN(CCc2ccc(C)c(F)c2)CC1.CNS(=O)(=O)c1ccc(O)cc1.CSC. The summed E-state index contributed by atoms with van der Waals surface area (Å²) in [4.78, 5) is 14.1. The molecule has 1 aliphatic heterocycles. The molecule has 198 valence electrons. The Bertz CT molecular complexity index is 1150. The van der Waals surface area contributed by atoms with Crippen LogP contribution < -0.4 is 4.72 Å². The van der Waals surface area contributed by atoms with Gasteiger partial charge in [-0.1, -0.05) is 18.7 Å². The first-order valence-electron chi connectivity index (χ1n) is 11.4. The number of hydrogen-bond acceptors (Lipinski definition) is 6. The van der Waals surface area contributed by atoms with E-state index in [2.05, 4.69) is 16.2 Å². The molecule has 2 aromatic carbocycles. The summed E-state index contributed by atoms with van der Waals surface area (Å²) in [5, 5.41) is 8.88. The highest BCUT2D eigenvalue weighted by Gasteiger charge is 2.25. The summed E-state index contributed by atoms with van der Waals surface area (Å²) in [5.74, 6) is -0.130. The van der Waals surface area contributed by atoms with Gasteiger partial charge in [0.05, 0.1) is 18.0 Å². The van der Waals surface area contributed by atoms with E-state index in [0.717, 1.165) is 37.3 Å². The number of benzene rings is 2. The first kappa shape index (κ1) is 31.5. The Morgan fingerprint density at radius 2 is 1.83 bits per heavy atom. The number of phenolic OH excluding ortho intramolecular Hbond substituents is 1. The average molecular weight is 539 g/mol. The van der Waals surface area contributed by atoms with Crippen LogP contribution in [-0.2, 0) is 21.2 Å². The van der Waals surface area contributed by atoms with E-state index in [1.54, 1.807) is 29.3 Å². The highest BCUT2D eigenvalue weighted by molar-refractivity contribution is 7.97. The number of hydrogen-bond donors (Lipinski definition) is 2. The van der Waals surface area contributed by atoms with Crippen molar-refractivity contribution in [2.24, 2.45) is 0 Å². The molecule has 0 aliphatic carbocycles. The van der Waals surface area contributed by atoms with Gasteiger partial charge in [0, 0.05) is 19.5 Å². The van der Waals surface area contributed by atoms with Crippen LogP contribution in [0, 0.1) is 12.7 Å². The second kappa shape index (κ2) is 15.6. The average Bonchev–Trinajstić information content (AvgIpc) is 2.85. The number of halogens is 1. The largest absolute Gasteiger partial charge is 0.508 e. The van der Waals surface area contributed by atoms with Crippen LogP contribution in [-0.4, -0.2) is 80.4 Å². The number of sulfonamides is 1. The van der Waals surface area contributed by atoms with Gasteiger partial charge in [0.25, 0.3) is 0 Å². The summed E-state index contributed by atoms with van der Waals surface area (Å²) in [6, 6.07) is 10.7. The zero-order valence-corrected chi connectivity index (χ0v) is 23.3. The Morgan fingerprint density at radius 3 is 2.33 bits per heavy atom. The molecule has 1 aliphatic rings. The predicted octanol–water partition coefficient (Wildman–Crippen LogP) is 3.46. The van der Waals surface area contributed by atoms with E-state index in [9.17, 15) is 17.6 Å². The number of phenols is 1. The van der Waals surface area contributed by atoms with Crippen LogP contribution in [0.1, 0.15) is 18.1 Å². The molecule has 0 unspecified atom stereocenters. The van der Waals surface area contributed by atoms with Crippen LogP contribution >= 0.6 is 11.8 Å². The van der Waals surface area contributed by atoms with Crippen molar-refractivity contribution < 1.29 is 27.3 Å². The molecular weight excluding hydrogens is 501 g/mol. The van der Waals surface area contributed by atoms with E-state index in [4.69, 9.17) is 5.11 Å². The highest BCUT2D eigenvalue weighted by Crippen LogP contribution is 2.13. The summed E-state index contributed by atoms with van der Waals surface area (Å²) in [6.07, 6.45) is 6.26. The van der Waals surface area contributed by atoms with Crippen molar-refractivity contribution in [1.82, 2.24) is 9.62 Å². The van der Waals surface area contributed by atoms with Gasteiger partial charge < -0.3 is 5.11 Å². The first-order chi connectivity index (χ1) is 17.0. The van der Waals surface area contributed by atoms with Gasteiger partial charge in [0.2, 0.25) is 10.0 Å². The molecule has 7 nitrogen and oxygen atoms in total. The van der Waals surface area contributed by atoms with Crippen molar-refractivity contribution in [3.8, 4) is 5.75 Å². The Morgan fingerprint density at radius 1 is 1.22 bits per heavy atom. The zero-order valence-electron chi connectivity index (χ0n) is 21.6. The topological polar surface area (TPSA) is 89.7 Å². The van der Waals surface area contributed by atoms with Gasteiger partial charge in [-0.15, -0.1) is 0 Å². The van der Waals surface area contributed by atoms with Gasteiger partial charge in [0.1, 0.15) is 11.6 Å². The van der Waals surface area contributed by atoms with Crippen molar-refractivity contribution in [3.05, 3.63) is 72.1 Å². The van der Waals surface area contributed by atoms with Crippen molar-refractivity contribution >= 4 is 33.4 Å². The fourth-order valence-electron chi connectivity index (χ4n) is 3.34. The van der Waals surface area contributed by atoms with Crippen LogP contribution in [0.5, 0.6) is 5.75 Å².